The molecule has 3 N–H and O–H groups in total. The first kappa shape index (κ1) is 17.8. The van der Waals surface area contributed by atoms with E-state index < -0.39 is 34.0 Å². The lowest BCUT2D eigenvalue weighted by Crippen LogP contribution is -2.49. The largest absolute Gasteiger partial charge is 0.457 e. The van der Waals surface area contributed by atoms with Gasteiger partial charge >= 0.3 is 6.03 Å². The molecule has 0 bridgehead atoms. The van der Waals surface area contributed by atoms with Gasteiger partial charge in [-0.3, -0.25) is 15.1 Å². The molecule has 1 aromatic carbocycles. The van der Waals surface area contributed by atoms with Crippen molar-refractivity contribution in [1.82, 2.24) is 20.3 Å². The van der Waals surface area contributed by atoms with E-state index in [0.29, 0.717) is 11.5 Å². The number of hydrogen-bond donors (Lipinski definition) is 3. The second-order valence-electron chi connectivity index (χ2n) is 5.61. The number of benzene rings is 1. The summed E-state index contributed by atoms with van der Waals surface area (Å²) in [4.78, 5) is 26.7. The number of sulfonamides is 1. The molecule has 1 aliphatic rings. The van der Waals surface area contributed by atoms with Crippen LogP contribution in [0, 0.1) is 0 Å². The van der Waals surface area contributed by atoms with Crippen LogP contribution >= 0.6 is 0 Å². The second kappa shape index (κ2) is 7.10. The summed E-state index contributed by atoms with van der Waals surface area (Å²) in [6.45, 7) is 1.49. The maximum Gasteiger partial charge on any atom is 0.322 e. The van der Waals surface area contributed by atoms with E-state index in [1.54, 1.807) is 24.5 Å². The van der Waals surface area contributed by atoms with Gasteiger partial charge in [0.25, 0.3) is 5.91 Å². The summed E-state index contributed by atoms with van der Waals surface area (Å²) in [6, 6.07) is 6.73. The highest BCUT2D eigenvalue weighted by molar-refractivity contribution is 7.89. The fourth-order valence-electron chi connectivity index (χ4n) is 2.39. The van der Waals surface area contributed by atoms with Gasteiger partial charge in [-0.2, -0.15) is 0 Å². The number of hydrogen-bond acceptors (Lipinski definition) is 6. The van der Waals surface area contributed by atoms with Crippen LogP contribution in [0.5, 0.6) is 11.5 Å². The van der Waals surface area contributed by atoms with Gasteiger partial charge in [-0.05, 0) is 43.3 Å². The molecule has 9 nitrogen and oxygen atoms in total. The standard InChI is InChI=1S/C16H16N4O5S/c1-10(14-15(21)19-16(22)18-14)20-26(23,24)13-4-2-11(3-5-13)25-12-6-8-17-9-7-12/h2-10,14,20H,1H3,(H2,18,19,21,22)/t10-,14+/m1/s1. The van der Waals surface area contributed by atoms with Gasteiger partial charge in [-0.15, -0.1) is 0 Å². The Hall–Kier alpha value is -2.98. The molecule has 2 heterocycles. The Morgan fingerprint density at radius 1 is 1.08 bits per heavy atom. The molecule has 0 aliphatic carbocycles. The number of rotatable bonds is 6. The summed E-state index contributed by atoms with van der Waals surface area (Å²) in [5.41, 5.74) is 0. The molecule has 1 aliphatic heterocycles. The Bertz CT molecular complexity index is 915. The average Bonchev–Trinajstić information content (AvgIpc) is 2.94. The van der Waals surface area contributed by atoms with Crippen LogP contribution in [0.15, 0.2) is 53.7 Å². The molecule has 3 amide bonds. The minimum Gasteiger partial charge on any atom is -0.457 e. The van der Waals surface area contributed by atoms with Crippen molar-refractivity contribution in [3.8, 4) is 11.5 Å². The Balaban J connectivity index is 1.69. The first-order valence-electron chi connectivity index (χ1n) is 7.67. The number of nitrogens with zero attached hydrogens (tertiary/aromatic N) is 1. The molecule has 0 spiro atoms. The van der Waals surface area contributed by atoms with Crippen molar-refractivity contribution in [2.24, 2.45) is 0 Å². The van der Waals surface area contributed by atoms with E-state index in [1.807, 2.05) is 0 Å². The quantitative estimate of drug-likeness (QED) is 0.639. The lowest BCUT2D eigenvalue weighted by molar-refractivity contribution is -0.120. The van der Waals surface area contributed by atoms with Crippen molar-refractivity contribution in [2.75, 3.05) is 0 Å². The molecule has 26 heavy (non-hydrogen) atoms. The summed E-state index contributed by atoms with van der Waals surface area (Å²) in [5, 5.41) is 4.42. The molecule has 136 valence electrons. The van der Waals surface area contributed by atoms with Gasteiger partial charge < -0.3 is 10.1 Å². The van der Waals surface area contributed by atoms with Crippen molar-refractivity contribution in [3.05, 3.63) is 48.8 Å². The predicted molar refractivity (Wildman–Crippen MR) is 91.0 cm³/mol. The highest BCUT2D eigenvalue weighted by atomic mass is 32.2. The molecular formula is C16H16N4O5S. The van der Waals surface area contributed by atoms with Crippen molar-refractivity contribution in [1.29, 1.82) is 0 Å². The molecule has 3 rings (SSSR count). The van der Waals surface area contributed by atoms with E-state index in [-0.39, 0.29) is 4.90 Å². The van der Waals surface area contributed by atoms with Crippen molar-refractivity contribution < 1.29 is 22.7 Å². The van der Waals surface area contributed by atoms with Gasteiger partial charge in [0.2, 0.25) is 10.0 Å². The van der Waals surface area contributed by atoms with Crippen LogP contribution in [0.2, 0.25) is 0 Å². The van der Waals surface area contributed by atoms with Crippen LogP contribution in [0.25, 0.3) is 0 Å². The van der Waals surface area contributed by atoms with Crippen LogP contribution in [-0.4, -0.2) is 37.4 Å². The van der Waals surface area contributed by atoms with E-state index >= 15 is 0 Å². The first-order valence-corrected chi connectivity index (χ1v) is 9.15. The molecule has 1 aromatic heterocycles. The van der Waals surface area contributed by atoms with Gasteiger partial charge in [0.15, 0.2) is 0 Å². The third kappa shape index (κ3) is 3.98. The lowest BCUT2D eigenvalue weighted by atomic mass is 10.1. The lowest BCUT2D eigenvalue weighted by Gasteiger charge is -2.18. The zero-order valence-corrected chi connectivity index (χ0v) is 14.5. The number of urea groups is 1. The number of nitrogens with one attached hydrogen (secondary N) is 3. The number of aromatic nitrogens is 1. The van der Waals surface area contributed by atoms with E-state index in [2.05, 4.69) is 20.3 Å². The van der Waals surface area contributed by atoms with Gasteiger partial charge in [0.05, 0.1) is 4.90 Å². The van der Waals surface area contributed by atoms with Crippen molar-refractivity contribution >= 4 is 22.0 Å². The third-order valence-electron chi connectivity index (χ3n) is 3.67. The van der Waals surface area contributed by atoms with E-state index in [4.69, 9.17) is 4.74 Å². The highest BCUT2D eigenvalue weighted by Crippen LogP contribution is 2.22. The molecule has 0 radical (unpaired) electrons. The molecule has 10 heteroatoms. The molecule has 1 saturated heterocycles. The average molecular weight is 376 g/mol. The fourth-order valence-corrected chi connectivity index (χ4v) is 3.65. The predicted octanol–water partition coefficient (Wildman–Crippen LogP) is 0.749. The smallest absolute Gasteiger partial charge is 0.322 e. The SMILES string of the molecule is C[C@@H](NS(=O)(=O)c1ccc(Oc2ccncc2)cc1)[C@@H]1NC(=O)NC1=O. The monoisotopic (exact) mass is 376 g/mol. The third-order valence-corrected chi connectivity index (χ3v) is 5.24. The minimum atomic E-state index is -3.87. The second-order valence-corrected chi connectivity index (χ2v) is 7.32. The zero-order chi connectivity index (χ0) is 18.7. The Labute approximate surface area is 149 Å². The first-order chi connectivity index (χ1) is 12.3. The van der Waals surface area contributed by atoms with Crippen LogP contribution in [0.1, 0.15) is 6.92 Å². The van der Waals surface area contributed by atoms with Gasteiger partial charge in [-0.1, -0.05) is 0 Å². The molecule has 0 unspecified atom stereocenters. The molecule has 1 fully saturated rings. The minimum absolute atomic E-state index is 0.0103. The summed E-state index contributed by atoms with van der Waals surface area (Å²) >= 11 is 0. The van der Waals surface area contributed by atoms with E-state index in [1.165, 1.54) is 31.2 Å². The molecule has 0 saturated carbocycles. The van der Waals surface area contributed by atoms with Crippen molar-refractivity contribution in [3.63, 3.8) is 0 Å². The number of amides is 3. The highest BCUT2D eigenvalue weighted by Gasteiger charge is 2.36. The topological polar surface area (TPSA) is 126 Å². The van der Waals surface area contributed by atoms with E-state index in [0.717, 1.165) is 0 Å². The van der Waals surface area contributed by atoms with E-state index in [9.17, 15) is 18.0 Å². The van der Waals surface area contributed by atoms with Crippen LogP contribution in [0.4, 0.5) is 4.79 Å². The summed E-state index contributed by atoms with van der Waals surface area (Å²) in [7, 11) is -3.87. The Morgan fingerprint density at radius 2 is 1.69 bits per heavy atom. The normalized spacial score (nSPS) is 18.1. The molecule has 2 atom stereocenters. The number of carbonyl (C=O) groups excluding carboxylic acids is 2. The molecular weight excluding hydrogens is 360 g/mol. The van der Waals surface area contributed by atoms with Gasteiger partial charge in [-0.25, -0.2) is 17.9 Å². The van der Waals surface area contributed by atoms with Crippen LogP contribution < -0.4 is 20.1 Å². The Morgan fingerprint density at radius 3 is 2.27 bits per heavy atom. The number of carbonyl (C=O) groups is 2. The number of ether oxygens (including phenoxy) is 1. The fraction of sp³-hybridized carbons (Fsp3) is 0.188. The van der Waals surface area contributed by atoms with Gasteiger partial charge in [0, 0.05) is 18.4 Å². The summed E-state index contributed by atoms with van der Waals surface area (Å²) in [5.74, 6) is 0.460. The summed E-state index contributed by atoms with van der Waals surface area (Å²) < 4.78 is 32.9. The maximum atomic E-state index is 12.5. The van der Waals surface area contributed by atoms with Gasteiger partial charge in [0.1, 0.15) is 17.5 Å². The van der Waals surface area contributed by atoms with Crippen molar-refractivity contribution in [2.45, 2.75) is 23.9 Å². The van der Waals surface area contributed by atoms with Crippen LogP contribution in [0.3, 0.4) is 0 Å². The summed E-state index contributed by atoms with van der Waals surface area (Å²) in [6.07, 6.45) is 3.16. The maximum absolute atomic E-state index is 12.5. The number of pyridine rings is 1. The number of imide groups is 1. The zero-order valence-electron chi connectivity index (χ0n) is 13.7. The Kier molecular flexibility index (Phi) is 4.87. The molecule has 2 aromatic rings. The van der Waals surface area contributed by atoms with Crippen LogP contribution in [-0.2, 0) is 14.8 Å².